The van der Waals surface area contributed by atoms with Crippen LogP contribution in [0.25, 0.3) is 0 Å². The summed E-state index contributed by atoms with van der Waals surface area (Å²) in [5.41, 5.74) is 1.06. The average Bonchev–Trinajstić information content (AvgIpc) is 2.35. The van der Waals surface area contributed by atoms with Crippen LogP contribution in [0.15, 0.2) is 24.3 Å². The van der Waals surface area contributed by atoms with E-state index in [0.29, 0.717) is 6.61 Å². The van der Waals surface area contributed by atoms with Gasteiger partial charge in [-0.15, -0.1) is 0 Å². The van der Waals surface area contributed by atoms with Gasteiger partial charge in [0.2, 0.25) is 0 Å². The first kappa shape index (κ1) is 15.0. The van der Waals surface area contributed by atoms with Crippen LogP contribution >= 0.6 is 0 Å². The minimum absolute atomic E-state index is 0.0367. The van der Waals surface area contributed by atoms with E-state index in [1.807, 2.05) is 45.3 Å². The molecule has 1 aromatic rings. The van der Waals surface area contributed by atoms with Gasteiger partial charge in [-0.3, -0.25) is 0 Å². The smallest absolute Gasteiger partial charge is 0.119 e. The van der Waals surface area contributed by atoms with E-state index in [9.17, 15) is 5.11 Å². The molecule has 0 saturated carbocycles. The Bertz CT molecular complexity index is 342. The van der Waals surface area contributed by atoms with Gasteiger partial charge in [0.05, 0.1) is 19.3 Å². The van der Waals surface area contributed by atoms with E-state index in [1.165, 1.54) is 0 Å². The van der Waals surface area contributed by atoms with Crippen LogP contribution in [0.4, 0.5) is 0 Å². The monoisotopic (exact) mass is 252 g/mol. The van der Waals surface area contributed by atoms with Gasteiger partial charge in [-0.2, -0.15) is 0 Å². The number of aliphatic hydroxyl groups excluding tert-OH is 1. The fraction of sp³-hybridized carbons (Fsp3) is 0.571. The number of likely N-dealkylation sites (N-methyl/N-ethyl adjacent to an activating group) is 1. The molecule has 4 heteroatoms. The van der Waals surface area contributed by atoms with Gasteiger partial charge in [-0.25, -0.2) is 0 Å². The molecule has 0 radical (unpaired) electrons. The Morgan fingerprint density at radius 2 is 2.17 bits per heavy atom. The Hall–Kier alpha value is -1.10. The maximum atomic E-state index is 9.45. The summed E-state index contributed by atoms with van der Waals surface area (Å²) >= 11 is 0. The van der Waals surface area contributed by atoms with Gasteiger partial charge in [-0.05, 0) is 38.7 Å². The molecule has 1 atom stereocenters. The molecule has 0 fully saturated rings. The van der Waals surface area contributed by atoms with E-state index < -0.39 is 0 Å². The second-order valence-corrected chi connectivity index (χ2v) is 4.50. The molecule has 0 heterocycles. The van der Waals surface area contributed by atoms with Crippen LogP contribution in [-0.4, -0.2) is 50.4 Å². The van der Waals surface area contributed by atoms with Crippen molar-refractivity contribution < 1.29 is 9.84 Å². The summed E-state index contributed by atoms with van der Waals surface area (Å²) in [4.78, 5) is 2.11. The SMILES string of the molecule is CCOc1cccc(C(CO)NCCN(C)C)c1. The normalized spacial score (nSPS) is 12.7. The van der Waals surface area contributed by atoms with Crippen LogP contribution in [-0.2, 0) is 0 Å². The van der Waals surface area contributed by atoms with Crippen molar-refractivity contribution in [1.82, 2.24) is 10.2 Å². The third-order valence-corrected chi connectivity index (χ3v) is 2.70. The fourth-order valence-corrected chi connectivity index (χ4v) is 1.74. The Labute approximate surface area is 110 Å². The molecular weight excluding hydrogens is 228 g/mol. The highest BCUT2D eigenvalue weighted by atomic mass is 16.5. The molecule has 0 spiro atoms. The molecule has 0 aliphatic carbocycles. The van der Waals surface area contributed by atoms with Crippen molar-refractivity contribution in [2.45, 2.75) is 13.0 Å². The van der Waals surface area contributed by atoms with E-state index in [4.69, 9.17) is 4.74 Å². The molecular formula is C14H24N2O2. The summed E-state index contributed by atoms with van der Waals surface area (Å²) in [7, 11) is 4.07. The molecule has 0 bridgehead atoms. The molecule has 1 aromatic carbocycles. The molecule has 0 saturated heterocycles. The van der Waals surface area contributed by atoms with Crippen molar-refractivity contribution in [3.05, 3.63) is 29.8 Å². The van der Waals surface area contributed by atoms with Gasteiger partial charge < -0.3 is 20.1 Å². The second kappa shape index (κ2) is 8.08. The highest BCUT2D eigenvalue weighted by Crippen LogP contribution is 2.19. The Balaban J connectivity index is 2.60. The first-order chi connectivity index (χ1) is 8.67. The molecule has 1 unspecified atom stereocenters. The lowest BCUT2D eigenvalue weighted by molar-refractivity contribution is 0.240. The van der Waals surface area contributed by atoms with Crippen LogP contribution in [0.5, 0.6) is 5.75 Å². The number of nitrogens with zero attached hydrogens (tertiary/aromatic N) is 1. The molecule has 102 valence electrons. The molecule has 0 aromatic heterocycles. The molecule has 2 N–H and O–H groups in total. The molecule has 0 aliphatic heterocycles. The van der Waals surface area contributed by atoms with Crippen molar-refractivity contribution in [3.8, 4) is 5.75 Å². The predicted molar refractivity (Wildman–Crippen MR) is 74.0 cm³/mol. The third kappa shape index (κ3) is 5.04. The average molecular weight is 252 g/mol. The van der Waals surface area contributed by atoms with Crippen molar-refractivity contribution >= 4 is 0 Å². The topological polar surface area (TPSA) is 44.7 Å². The summed E-state index contributed by atoms with van der Waals surface area (Å²) in [6.07, 6.45) is 0. The number of hydrogen-bond donors (Lipinski definition) is 2. The number of ether oxygens (including phenoxy) is 1. The summed E-state index contributed by atoms with van der Waals surface area (Å²) in [6, 6.07) is 7.84. The first-order valence-corrected chi connectivity index (χ1v) is 6.39. The minimum atomic E-state index is -0.0367. The standard InChI is InChI=1S/C14H24N2O2/c1-4-18-13-7-5-6-12(10-13)14(11-17)15-8-9-16(2)3/h5-7,10,14-15,17H,4,8-9,11H2,1-3H3. The third-order valence-electron chi connectivity index (χ3n) is 2.70. The highest BCUT2D eigenvalue weighted by molar-refractivity contribution is 5.30. The second-order valence-electron chi connectivity index (χ2n) is 4.50. The van der Waals surface area contributed by atoms with Crippen molar-refractivity contribution in [3.63, 3.8) is 0 Å². The Morgan fingerprint density at radius 3 is 2.78 bits per heavy atom. The lowest BCUT2D eigenvalue weighted by atomic mass is 10.1. The molecule has 1 rings (SSSR count). The number of rotatable bonds is 8. The summed E-state index contributed by atoms with van der Waals surface area (Å²) in [6.45, 7) is 4.49. The van der Waals surface area contributed by atoms with Crippen molar-refractivity contribution in [2.24, 2.45) is 0 Å². The van der Waals surface area contributed by atoms with Crippen LogP contribution in [0.3, 0.4) is 0 Å². The zero-order valence-electron chi connectivity index (χ0n) is 11.5. The minimum Gasteiger partial charge on any atom is -0.494 e. The lowest BCUT2D eigenvalue weighted by Crippen LogP contribution is -2.31. The van der Waals surface area contributed by atoms with E-state index in [-0.39, 0.29) is 12.6 Å². The summed E-state index contributed by atoms with van der Waals surface area (Å²) < 4.78 is 5.47. The van der Waals surface area contributed by atoms with Crippen LogP contribution < -0.4 is 10.1 Å². The van der Waals surface area contributed by atoms with Gasteiger partial charge in [-0.1, -0.05) is 12.1 Å². The maximum Gasteiger partial charge on any atom is 0.119 e. The predicted octanol–water partition coefficient (Wildman–Crippen LogP) is 1.27. The fourth-order valence-electron chi connectivity index (χ4n) is 1.74. The first-order valence-electron chi connectivity index (χ1n) is 6.39. The van der Waals surface area contributed by atoms with Gasteiger partial charge in [0, 0.05) is 13.1 Å². The number of hydrogen-bond acceptors (Lipinski definition) is 4. The maximum absolute atomic E-state index is 9.45. The van der Waals surface area contributed by atoms with Crippen molar-refractivity contribution in [1.29, 1.82) is 0 Å². The molecule has 18 heavy (non-hydrogen) atoms. The Kier molecular flexibility index (Phi) is 6.72. The van der Waals surface area contributed by atoms with Gasteiger partial charge >= 0.3 is 0 Å². The summed E-state index contributed by atoms with van der Waals surface area (Å²) in [5, 5.41) is 12.8. The van der Waals surface area contributed by atoms with E-state index in [1.54, 1.807) is 0 Å². The number of aliphatic hydroxyl groups is 1. The lowest BCUT2D eigenvalue weighted by Gasteiger charge is -2.19. The van der Waals surface area contributed by atoms with Crippen molar-refractivity contribution in [2.75, 3.05) is 40.4 Å². The summed E-state index contributed by atoms with van der Waals surface area (Å²) in [5.74, 6) is 0.850. The molecule has 0 aliphatic rings. The van der Waals surface area contributed by atoms with Gasteiger partial charge in [0.15, 0.2) is 0 Å². The van der Waals surface area contributed by atoms with E-state index in [0.717, 1.165) is 24.4 Å². The van der Waals surface area contributed by atoms with Crippen LogP contribution in [0, 0.1) is 0 Å². The number of nitrogens with one attached hydrogen (secondary N) is 1. The van der Waals surface area contributed by atoms with Gasteiger partial charge in [0.25, 0.3) is 0 Å². The Morgan fingerprint density at radius 1 is 1.39 bits per heavy atom. The van der Waals surface area contributed by atoms with E-state index >= 15 is 0 Å². The van der Waals surface area contributed by atoms with E-state index in [2.05, 4.69) is 10.2 Å². The van der Waals surface area contributed by atoms with Crippen LogP contribution in [0.1, 0.15) is 18.5 Å². The van der Waals surface area contributed by atoms with Crippen LogP contribution in [0.2, 0.25) is 0 Å². The molecule has 0 amide bonds. The zero-order valence-corrected chi connectivity index (χ0v) is 11.5. The molecule has 4 nitrogen and oxygen atoms in total. The highest BCUT2D eigenvalue weighted by Gasteiger charge is 2.10. The van der Waals surface area contributed by atoms with Gasteiger partial charge in [0.1, 0.15) is 5.75 Å². The zero-order chi connectivity index (χ0) is 13.4. The quantitative estimate of drug-likeness (QED) is 0.731. The largest absolute Gasteiger partial charge is 0.494 e. The number of benzene rings is 1.